The molecule has 3 rings (SSSR count). The predicted octanol–water partition coefficient (Wildman–Crippen LogP) is 3.70. The van der Waals surface area contributed by atoms with Crippen molar-refractivity contribution in [2.75, 3.05) is 39.9 Å². The lowest BCUT2D eigenvalue weighted by Crippen LogP contribution is -2.37. The summed E-state index contributed by atoms with van der Waals surface area (Å²) in [6.45, 7) is 6.24. The maximum absolute atomic E-state index is 6.03. The Bertz CT molecular complexity index is 764. The van der Waals surface area contributed by atoms with Crippen molar-refractivity contribution in [3.63, 3.8) is 0 Å². The van der Waals surface area contributed by atoms with Crippen LogP contribution in [0.5, 0.6) is 0 Å². The Hall–Kier alpha value is -1.35. The number of hydrogen-bond acceptors (Lipinski definition) is 3. The average molecular weight is 529 g/mol. The maximum Gasteiger partial charge on any atom is 0.191 e. The van der Waals surface area contributed by atoms with Gasteiger partial charge in [0.05, 0.1) is 13.2 Å². The number of ether oxygens (including phenoxy) is 1. The number of morpholine rings is 1. The second kappa shape index (κ2) is 13.1. The summed E-state index contributed by atoms with van der Waals surface area (Å²) in [5.41, 5.74) is 3.80. The molecule has 1 saturated heterocycles. The SMILES string of the molecule is CN=C(NCCc1cccc(Cl)c1)NCc1ccc(CN2CCOCC2)cc1.I. The molecule has 0 unspecified atom stereocenters. The molecule has 1 aliphatic heterocycles. The van der Waals surface area contributed by atoms with E-state index >= 15 is 0 Å². The van der Waals surface area contributed by atoms with Gasteiger partial charge in [-0.25, -0.2) is 0 Å². The van der Waals surface area contributed by atoms with Crippen LogP contribution in [0.2, 0.25) is 5.02 Å². The minimum absolute atomic E-state index is 0. The van der Waals surface area contributed by atoms with Crippen molar-refractivity contribution in [1.82, 2.24) is 15.5 Å². The zero-order chi connectivity index (χ0) is 19.6. The summed E-state index contributed by atoms with van der Waals surface area (Å²) in [4.78, 5) is 6.73. The first-order valence-electron chi connectivity index (χ1n) is 9.80. The van der Waals surface area contributed by atoms with E-state index in [2.05, 4.69) is 50.9 Å². The Morgan fingerprint density at radius 3 is 2.45 bits per heavy atom. The largest absolute Gasteiger partial charge is 0.379 e. The molecule has 1 fully saturated rings. The van der Waals surface area contributed by atoms with Gasteiger partial charge in [-0.1, -0.05) is 48.0 Å². The highest BCUT2D eigenvalue weighted by molar-refractivity contribution is 14.0. The normalized spacial score (nSPS) is 14.9. The Morgan fingerprint density at radius 1 is 1.03 bits per heavy atom. The summed E-state index contributed by atoms with van der Waals surface area (Å²) in [5.74, 6) is 0.805. The molecule has 1 heterocycles. The molecular formula is C22H30ClIN4O. The van der Waals surface area contributed by atoms with E-state index in [0.717, 1.165) is 63.3 Å². The van der Waals surface area contributed by atoms with Gasteiger partial charge < -0.3 is 15.4 Å². The molecule has 0 bridgehead atoms. The third-order valence-corrected chi connectivity index (χ3v) is 5.05. The monoisotopic (exact) mass is 528 g/mol. The highest BCUT2D eigenvalue weighted by Crippen LogP contribution is 2.11. The van der Waals surface area contributed by atoms with E-state index in [-0.39, 0.29) is 24.0 Å². The van der Waals surface area contributed by atoms with Gasteiger partial charge in [-0.05, 0) is 35.2 Å². The second-order valence-corrected chi connectivity index (χ2v) is 7.37. The summed E-state index contributed by atoms with van der Waals surface area (Å²) in [5, 5.41) is 7.50. The van der Waals surface area contributed by atoms with E-state index < -0.39 is 0 Å². The predicted molar refractivity (Wildman–Crippen MR) is 131 cm³/mol. The van der Waals surface area contributed by atoms with Crippen molar-refractivity contribution in [2.24, 2.45) is 4.99 Å². The molecular weight excluding hydrogens is 499 g/mol. The van der Waals surface area contributed by atoms with E-state index in [9.17, 15) is 0 Å². The molecule has 7 heteroatoms. The highest BCUT2D eigenvalue weighted by atomic mass is 127. The second-order valence-electron chi connectivity index (χ2n) is 6.94. The van der Waals surface area contributed by atoms with Crippen LogP contribution in [-0.4, -0.2) is 50.8 Å². The summed E-state index contributed by atoms with van der Waals surface area (Å²) in [6.07, 6.45) is 0.900. The molecule has 2 aromatic rings. The molecule has 2 N–H and O–H groups in total. The summed E-state index contributed by atoms with van der Waals surface area (Å²) in [6, 6.07) is 16.7. The van der Waals surface area contributed by atoms with Crippen LogP contribution in [0.25, 0.3) is 0 Å². The first-order valence-corrected chi connectivity index (χ1v) is 10.2. The van der Waals surface area contributed by atoms with Gasteiger partial charge in [-0.2, -0.15) is 0 Å². The van der Waals surface area contributed by atoms with Gasteiger partial charge in [0.1, 0.15) is 0 Å². The number of hydrogen-bond donors (Lipinski definition) is 2. The van der Waals surface area contributed by atoms with Crippen molar-refractivity contribution in [3.05, 3.63) is 70.2 Å². The number of nitrogens with zero attached hydrogens (tertiary/aromatic N) is 2. The topological polar surface area (TPSA) is 48.9 Å². The van der Waals surface area contributed by atoms with Crippen molar-refractivity contribution in [1.29, 1.82) is 0 Å². The summed E-state index contributed by atoms with van der Waals surface area (Å²) < 4.78 is 5.41. The Balaban J connectivity index is 0.00000300. The fourth-order valence-electron chi connectivity index (χ4n) is 3.20. The third kappa shape index (κ3) is 8.50. The molecule has 0 radical (unpaired) electrons. The van der Waals surface area contributed by atoms with Crippen LogP contribution in [0.3, 0.4) is 0 Å². The van der Waals surface area contributed by atoms with E-state index in [1.165, 1.54) is 16.7 Å². The lowest BCUT2D eigenvalue weighted by molar-refractivity contribution is 0.0342. The minimum Gasteiger partial charge on any atom is -0.379 e. The molecule has 158 valence electrons. The molecule has 1 aliphatic rings. The number of rotatable bonds is 7. The van der Waals surface area contributed by atoms with Gasteiger partial charge in [0.15, 0.2) is 5.96 Å². The Kier molecular flexibility index (Phi) is 10.8. The maximum atomic E-state index is 6.03. The lowest BCUT2D eigenvalue weighted by atomic mass is 10.1. The minimum atomic E-state index is 0. The lowest BCUT2D eigenvalue weighted by Gasteiger charge is -2.26. The van der Waals surface area contributed by atoms with Crippen molar-refractivity contribution in [3.8, 4) is 0 Å². The Labute approximate surface area is 195 Å². The molecule has 29 heavy (non-hydrogen) atoms. The zero-order valence-electron chi connectivity index (χ0n) is 16.9. The molecule has 5 nitrogen and oxygen atoms in total. The molecule has 2 aromatic carbocycles. The van der Waals surface area contributed by atoms with Crippen molar-refractivity contribution >= 4 is 41.5 Å². The van der Waals surface area contributed by atoms with Crippen LogP contribution in [0.15, 0.2) is 53.5 Å². The highest BCUT2D eigenvalue weighted by Gasteiger charge is 2.10. The number of aliphatic imine (C=N–C) groups is 1. The summed E-state index contributed by atoms with van der Waals surface area (Å²) in [7, 11) is 1.79. The third-order valence-electron chi connectivity index (χ3n) is 4.81. The fraction of sp³-hybridized carbons (Fsp3) is 0.409. The van der Waals surface area contributed by atoms with Gasteiger partial charge in [0.25, 0.3) is 0 Å². The molecule has 0 atom stereocenters. The number of benzene rings is 2. The fourth-order valence-corrected chi connectivity index (χ4v) is 3.42. The van der Waals surface area contributed by atoms with Crippen LogP contribution in [0.4, 0.5) is 0 Å². The smallest absolute Gasteiger partial charge is 0.191 e. The van der Waals surface area contributed by atoms with Gasteiger partial charge in [-0.3, -0.25) is 9.89 Å². The zero-order valence-corrected chi connectivity index (χ0v) is 20.0. The van der Waals surface area contributed by atoms with E-state index in [4.69, 9.17) is 16.3 Å². The van der Waals surface area contributed by atoms with E-state index in [1.807, 2.05) is 18.2 Å². The molecule has 0 spiro atoms. The first-order chi connectivity index (χ1) is 13.7. The summed E-state index contributed by atoms with van der Waals surface area (Å²) >= 11 is 6.03. The Morgan fingerprint density at radius 2 is 1.76 bits per heavy atom. The quantitative estimate of drug-likeness (QED) is 0.327. The molecule has 0 aromatic heterocycles. The van der Waals surface area contributed by atoms with Crippen LogP contribution in [0, 0.1) is 0 Å². The van der Waals surface area contributed by atoms with Crippen LogP contribution in [-0.2, 0) is 24.2 Å². The van der Waals surface area contributed by atoms with Gasteiger partial charge in [-0.15, -0.1) is 24.0 Å². The standard InChI is InChI=1S/C22H29ClN4O.HI/c1-24-22(25-10-9-18-3-2-4-21(23)15-18)26-16-19-5-7-20(8-6-19)17-27-11-13-28-14-12-27;/h2-8,15H,9-14,16-17H2,1H3,(H2,24,25,26);1H. The van der Waals surface area contributed by atoms with Gasteiger partial charge in [0.2, 0.25) is 0 Å². The molecule has 0 amide bonds. The average Bonchev–Trinajstić information content (AvgIpc) is 2.72. The van der Waals surface area contributed by atoms with E-state index in [0.29, 0.717) is 0 Å². The van der Waals surface area contributed by atoms with Crippen molar-refractivity contribution < 1.29 is 4.74 Å². The van der Waals surface area contributed by atoms with Crippen molar-refractivity contribution in [2.45, 2.75) is 19.5 Å². The number of guanidine groups is 1. The number of nitrogens with one attached hydrogen (secondary N) is 2. The van der Waals surface area contributed by atoms with Crippen LogP contribution >= 0.6 is 35.6 Å². The van der Waals surface area contributed by atoms with Gasteiger partial charge >= 0.3 is 0 Å². The molecule has 0 aliphatic carbocycles. The van der Waals surface area contributed by atoms with Gasteiger partial charge in [0, 0.05) is 44.8 Å². The molecule has 0 saturated carbocycles. The number of halogens is 2. The van der Waals surface area contributed by atoms with Crippen LogP contribution < -0.4 is 10.6 Å². The first kappa shape index (κ1) is 23.9. The van der Waals surface area contributed by atoms with Crippen LogP contribution in [0.1, 0.15) is 16.7 Å². The van der Waals surface area contributed by atoms with E-state index in [1.54, 1.807) is 7.05 Å².